The lowest BCUT2D eigenvalue weighted by Gasteiger charge is -2.15. The predicted molar refractivity (Wildman–Crippen MR) is 120 cm³/mol. The molecule has 3 aromatic rings. The molecule has 6 nitrogen and oxygen atoms in total. The summed E-state index contributed by atoms with van der Waals surface area (Å²) in [5.74, 6) is -0.221. The van der Waals surface area contributed by atoms with Gasteiger partial charge in [-0.25, -0.2) is 0 Å². The Morgan fingerprint density at radius 2 is 1.58 bits per heavy atom. The van der Waals surface area contributed by atoms with Crippen molar-refractivity contribution in [2.24, 2.45) is 0 Å². The van der Waals surface area contributed by atoms with Crippen molar-refractivity contribution in [3.63, 3.8) is 0 Å². The zero-order valence-corrected chi connectivity index (χ0v) is 18.1. The predicted octanol–water partition coefficient (Wildman–Crippen LogP) is 4.65. The van der Waals surface area contributed by atoms with E-state index in [2.05, 4.69) is 10.9 Å². The zero-order chi connectivity index (χ0) is 22.2. The Morgan fingerprint density at radius 3 is 2.26 bits per heavy atom. The van der Waals surface area contributed by atoms with Crippen LogP contribution < -0.4 is 20.3 Å². The Labute approximate surface area is 190 Å². The van der Waals surface area contributed by atoms with E-state index in [1.54, 1.807) is 31.2 Å². The normalized spacial score (nSPS) is 11.3. The highest BCUT2D eigenvalue weighted by Gasteiger charge is 2.16. The minimum atomic E-state index is -0.825. The number of rotatable bonds is 7. The summed E-state index contributed by atoms with van der Waals surface area (Å²) >= 11 is 11.8. The SMILES string of the molecule is CC(Oc1ccc(-c2ccccc2)cc1)C(=O)NNC(=O)COc1ccc(Cl)cc1Cl. The molecule has 3 aromatic carbocycles. The van der Waals surface area contributed by atoms with E-state index in [0.29, 0.717) is 16.5 Å². The van der Waals surface area contributed by atoms with Crippen LogP contribution in [0.25, 0.3) is 11.1 Å². The molecular weight excluding hydrogens is 439 g/mol. The van der Waals surface area contributed by atoms with Crippen LogP contribution in [0.2, 0.25) is 10.0 Å². The smallest absolute Gasteiger partial charge is 0.279 e. The number of halogens is 2. The molecule has 0 saturated carbocycles. The van der Waals surface area contributed by atoms with Gasteiger partial charge >= 0.3 is 0 Å². The molecule has 3 rings (SSSR count). The Kier molecular flexibility index (Phi) is 7.76. The van der Waals surface area contributed by atoms with Gasteiger partial charge in [0.1, 0.15) is 11.5 Å². The first-order valence-electron chi connectivity index (χ1n) is 9.41. The second-order valence-corrected chi connectivity index (χ2v) is 7.39. The van der Waals surface area contributed by atoms with Crippen molar-refractivity contribution in [2.75, 3.05) is 6.61 Å². The minimum absolute atomic E-state index is 0.282. The van der Waals surface area contributed by atoms with Crippen molar-refractivity contribution in [2.45, 2.75) is 13.0 Å². The number of carbonyl (C=O) groups is 2. The largest absolute Gasteiger partial charge is 0.482 e. The number of hydrogen-bond donors (Lipinski definition) is 2. The maximum Gasteiger partial charge on any atom is 0.279 e. The second kappa shape index (κ2) is 10.7. The van der Waals surface area contributed by atoms with Gasteiger partial charge in [0.05, 0.1) is 5.02 Å². The second-order valence-electron chi connectivity index (χ2n) is 6.55. The van der Waals surface area contributed by atoms with E-state index < -0.39 is 17.9 Å². The molecule has 0 saturated heterocycles. The third-order valence-electron chi connectivity index (χ3n) is 4.22. The van der Waals surface area contributed by atoms with Crippen LogP contribution in [0.1, 0.15) is 6.92 Å². The van der Waals surface area contributed by atoms with Crippen molar-refractivity contribution >= 4 is 35.0 Å². The molecule has 0 spiro atoms. The molecule has 0 fully saturated rings. The molecule has 160 valence electrons. The summed E-state index contributed by atoms with van der Waals surface area (Å²) in [5, 5.41) is 0.738. The maximum absolute atomic E-state index is 12.2. The molecule has 0 bridgehead atoms. The van der Waals surface area contributed by atoms with Crippen LogP contribution in [-0.2, 0) is 9.59 Å². The van der Waals surface area contributed by atoms with E-state index in [0.717, 1.165) is 11.1 Å². The number of ether oxygens (including phenoxy) is 2. The summed E-state index contributed by atoms with van der Waals surface area (Å²) in [7, 11) is 0. The van der Waals surface area contributed by atoms with Crippen LogP contribution in [0.5, 0.6) is 11.5 Å². The van der Waals surface area contributed by atoms with Gasteiger partial charge in [-0.1, -0.05) is 65.7 Å². The van der Waals surface area contributed by atoms with Crippen LogP contribution >= 0.6 is 23.2 Å². The van der Waals surface area contributed by atoms with E-state index in [-0.39, 0.29) is 11.6 Å². The Bertz CT molecular complexity index is 1040. The van der Waals surface area contributed by atoms with Crippen LogP contribution in [0.3, 0.4) is 0 Å². The molecule has 0 aliphatic carbocycles. The number of carbonyl (C=O) groups excluding carboxylic acids is 2. The average Bonchev–Trinajstić information content (AvgIpc) is 2.78. The van der Waals surface area contributed by atoms with E-state index >= 15 is 0 Å². The fourth-order valence-corrected chi connectivity index (χ4v) is 3.08. The van der Waals surface area contributed by atoms with E-state index in [1.165, 1.54) is 6.07 Å². The van der Waals surface area contributed by atoms with Crippen molar-refractivity contribution in [3.8, 4) is 22.6 Å². The fourth-order valence-electron chi connectivity index (χ4n) is 2.62. The minimum Gasteiger partial charge on any atom is -0.482 e. The summed E-state index contributed by atoms with van der Waals surface area (Å²) in [5.41, 5.74) is 6.70. The summed E-state index contributed by atoms with van der Waals surface area (Å²) in [6.07, 6.45) is -0.825. The standard InChI is InChI=1S/C23H20Cl2N2O4/c1-15(31-19-10-7-17(8-11-19)16-5-3-2-4-6-16)23(29)27-26-22(28)14-30-21-12-9-18(24)13-20(21)25/h2-13,15H,14H2,1H3,(H,26,28)(H,27,29). The third-order valence-corrected chi connectivity index (χ3v) is 4.75. The number of hydrazine groups is 1. The summed E-state index contributed by atoms with van der Waals surface area (Å²) in [6.45, 7) is 1.24. The van der Waals surface area contributed by atoms with Crippen LogP contribution in [-0.4, -0.2) is 24.5 Å². The lowest BCUT2D eigenvalue weighted by molar-refractivity contribution is -0.133. The molecule has 0 radical (unpaired) electrons. The van der Waals surface area contributed by atoms with Gasteiger partial charge in [0.15, 0.2) is 12.7 Å². The van der Waals surface area contributed by atoms with Crippen molar-refractivity contribution < 1.29 is 19.1 Å². The van der Waals surface area contributed by atoms with E-state index in [9.17, 15) is 9.59 Å². The van der Waals surface area contributed by atoms with E-state index in [1.807, 2.05) is 42.5 Å². The van der Waals surface area contributed by atoms with Gasteiger partial charge in [0, 0.05) is 5.02 Å². The van der Waals surface area contributed by atoms with Gasteiger partial charge in [-0.2, -0.15) is 0 Å². The first-order valence-corrected chi connectivity index (χ1v) is 10.2. The summed E-state index contributed by atoms with van der Waals surface area (Å²) in [4.78, 5) is 24.1. The highest BCUT2D eigenvalue weighted by atomic mass is 35.5. The van der Waals surface area contributed by atoms with Crippen LogP contribution in [0.15, 0.2) is 72.8 Å². The molecule has 2 N–H and O–H groups in total. The molecule has 2 amide bonds. The molecule has 0 aliphatic rings. The zero-order valence-electron chi connectivity index (χ0n) is 16.6. The first kappa shape index (κ1) is 22.5. The topological polar surface area (TPSA) is 76.7 Å². The molecule has 1 unspecified atom stereocenters. The van der Waals surface area contributed by atoms with Crippen LogP contribution in [0, 0.1) is 0 Å². The summed E-state index contributed by atoms with van der Waals surface area (Å²) in [6, 6.07) is 22.0. The molecule has 0 heterocycles. The molecule has 31 heavy (non-hydrogen) atoms. The Hall–Kier alpha value is -3.22. The van der Waals surface area contributed by atoms with Gasteiger partial charge in [0.2, 0.25) is 0 Å². The number of hydrogen-bond acceptors (Lipinski definition) is 4. The Morgan fingerprint density at radius 1 is 0.903 bits per heavy atom. The van der Waals surface area contributed by atoms with Gasteiger partial charge in [-0.3, -0.25) is 20.4 Å². The lowest BCUT2D eigenvalue weighted by atomic mass is 10.1. The first-order chi connectivity index (χ1) is 14.9. The number of amides is 2. The molecular formula is C23H20Cl2N2O4. The van der Waals surface area contributed by atoms with Crippen molar-refractivity contribution in [1.29, 1.82) is 0 Å². The number of nitrogens with one attached hydrogen (secondary N) is 2. The van der Waals surface area contributed by atoms with Gasteiger partial charge < -0.3 is 9.47 Å². The number of benzene rings is 3. The van der Waals surface area contributed by atoms with Crippen LogP contribution in [0.4, 0.5) is 0 Å². The monoisotopic (exact) mass is 458 g/mol. The molecule has 0 aromatic heterocycles. The maximum atomic E-state index is 12.2. The highest BCUT2D eigenvalue weighted by Crippen LogP contribution is 2.27. The van der Waals surface area contributed by atoms with Gasteiger partial charge in [-0.15, -0.1) is 0 Å². The third kappa shape index (κ3) is 6.64. The average molecular weight is 459 g/mol. The van der Waals surface area contributed by atoms with Crippen molar-refractivity contribution in [1.82, 2.24) is 10.9 Å². The quantitative estimate of drug-likeness (QED) is 0.505. The van der Waals surface area contributed by atoms with Gasteiger partial charge in [-0.05, 0) is 48.4 Å². The van der Waals surface area contributed by atoms with Crippen molar-refractivity contribution in [3.05, 3.63) is 82.8 Å². The highest BCUT2D eigenvalue weighted by molar-refractivity contribution is 6.35. The summed E-state index contributed by atoms with van der Waals surface area (Å²) < 4.78 is 10.9. The van der Waals surface area contributed by atoms with E-state index in [4.69, 9.17) is 32.7 Å². The molecule has 8 heteroatoms. The fraction of sp³-hybridized carbons (Fsp3) is 0.130. The molecule has 1 atom stereocenters. The Balaban J connectivity index is 1.44. The molecule has 0 aliphatic heterocycles. The lowest BCUT2D eigenvalue weighted by Crippen LogP contribution is -2.48. The van der Waals surface area contributed by atoms with Gasteiger partial charge in [0.25, 0.3) is 11.8 Å².